The molecule has 11 nitrogen and oxygen atoms in total. The van der Waals surface area contributed by atoms with Crippen molar-refractivity contribution >= 4 is 29.3 Å². The Balaban J connectivity index is 1.67. The van der Waals surface area contributed by atoms with E-state index in [-0.39, 0.29) is 30.2 Å². The summed E-state index contributed by atoms with van der Waals surface area (Å²) < 4.78 is 15.7. The van der Waals surface area contributed by atoms with Crippen LogP contribution in [0.3, 0.4) is 0 Å². The number of rotatable bonds is 11. The lowest BCUT2D eigenvalue weighted by Crippen LogP contribution is -2.45. The summed E-state index contributed by atoms with van der Waals surface area (Å²) in [5.41, 5.74) is 1.30. The molecule has 2 amide bonds. The van der Waals surface area contributed by atoms with Gasteiger partial charge in [-0.15, -0.1) is 0 Å². The molecular formula is C27H27N3O8. The molecule has 0 unspecified atom stereocenters. The van der Waals surface area contributed by atoms with Gasteiger partial charge in [0.25, 0.3) is 11.6 Å². The summed E-state index contributed by atoms with van der Waals surface area (Å²) >= 11 is 0. The predicted octanol–water partition coefficient (Wildman–Crippen LogP) is 4.01. The van der Waals surface area contributed by atoms with Gasteiger partial charge in [-0.2, -0.15) is 0 Å². The number of ether oxygens (including phenoxy) is 3. The first-order valence-electron chi connectivity index (χ1n) is 11.6. The highest BCUT2D eigenvalue weighted by Crippen LogP contribution is 2.29. The lowest BCUT2D eigenvalue weighted by atomic mass is 10.1. The number of nitrogens with one attached hydrogen (secondary N) is 2. The third-order valence-corrected chi connectivity index (χ3v) is 5.39. The summed E-state index contributed by atoms with van der Waals surface area (Å²) in [5, 5.41) is 16.1. The zero-order chi connectivity index (χ0) is 27.5. The average Bonchev–Trinajstić information content (AvgIpc) is 2.92. The highest BCUT2D eigenvalue weighted by molar-refractivity contribution is 5.97. The van der Waals surface area contributed by atoms with Crippen molar-refractivity contribution in [1.29, 1.82) is 0 Å². The fraction of sp³-hybridized carbons (Fsp3) is 0.222. The second-order valence-corrected chi connectivity index (χ2v) is 8.16. The third-order valence-electron chi connectivity index (χ3n) is 5.39. The van der Waals surface area contributed by atoms with Gasteiger partial charge in [-0.05, 0) is 24.1 Å². The molecule has 0 aliphatic rings. The van der Waals surface area contributed by atoms with Crippen LogP contribution in [0.15, 0.2) is 78.9 Å². The van der Waals surface area contributed by atoms with Crippen molar-refractivity contribution in [2.45, 2.75) is 32.1 Å². The highest BCUT2D eigenvalue weighted by atomic mass is 16.6. The smallest absolute Gasteiger partial charge is 0.408 e. The number of nitrogens with zero attached hydrogens (tertiary/aromatic N) is 1. The number of hydrogen-bond donors (Lipinski definition) is 2. The summed E-state index contributed by atoms with van der Waals surface area (Å²) in [6.07, 6.45) is -2.04. The van der Waals surface area contributed by atoms with Crippen molar-refractivity contribution in [2.24, 2.45) is 0 Å². The molecule has 3 aromatic carbocycles. The minimum atomic E-state index is -1.30. The van der Waals surface area contributed by atoms with E-state index in [0.29, 0.717) is 0 Å². The number of nitro groups is 1. The topological polar surface area (TPSA) is 146 Å². The molecule has 0 heterocycles. The number of benzene rings is 3. The predicted molar refractivity (Wildman–Crippen MR) is 138 cm³/mol. The van der Waals surface area contributed by atoms with Gasteiger partial charge in [0, 0.05) is 18.6 Å². The average molecular weight is 522 g/mol. The Labute approximate surface area is 218 Å². The Morgan fingerprint density at radius 1 is 0.947 bits per heavy atom. The molecule has 0 aromatic heterocycles. The van der Waals surface area contributed by atoms with Gasteiger partial charge in [0.2, 0.25) is 0 Å². The maximum atomic E-state index is 13.0. The Morgan fingerprint density at radius 3 is 2.18 bits per heavy atom. The molecule has 0 saturated heterocycles. The fourth-order valence-corrected chi connectivity index (χ4v) is 3.40. The molecule has 0 bridgehead atoms. The van der Waals surface area contributed by atoms with Crippen LogP contribution in [-0.2, 0) is 32.1 Å². The Morgan fingerprint density at radius 2 is 1.58 bits per heavy atom. The van der Waals surface area contributed by atoms with Crippen molar-refractivity contribution in [1.82, 2.24) is 5.32 Å². The molecule has 0 aliphatic heterocycles. The van der Waals surface area contributed by atoms with Gasteiger partial charge in [-0.1, -0.05) is 60.7 Å². The molecule has 0 radical (unpaired) electrons. The van der Waals surface area contributed by atoms with Gasteiger partial charge in [-0.3, -0.25) is 14.9 Å². The van der Waals surface area contributed by atoms with Crippen LogP contribution in [0.2, 0.25) is 0 Å². The lowest BCUT2D eigenvalue weighted by molar-refractivity contribution is -0.384. The summed E-state index contributed by atoms with van der Waals surface area (Å²) in [4.78, 5) is 48.7. The van der Waals surface area contributed by atoms with Crippen LogP contribution in [0, 0.1) is 10.1 Å². The molecule has 198 valence electrons. The van der Waals surface area contributed by atoms with Crippen LogP contribution >= 0.6 is 0 Å². The van der Waals surface area contributed by atoms with Crippen LogP contribution in [0.1, 0.15) is 18.1 Å². The molecule has 38 heavy (non-hydrogen) atoms. The van der Waals surface area contributed by atoms with Crippen LogP contribution in [0.25, 0.3) is 0 Å². The number of carbonyl (C=O) groups excluding carboxylic acids is 3. The van der Waals surface area contributed by atoms with Gasteiger partial charge in [0.1, 0.15) is 18.4 Å². The van der Waals surface area contributed by atoms with Gasteiger partial charge in [-0.25, -0.2) is 9.59 Å². The second kappa shape index (κ2) is 13.4. The summed E-state index contributed by atoms with van der Waals surface area (Å²) in [6, 6.07) is 20.5. The van der Waals surface area contributed by atoms with Crippen LogP contribution in [0.4, 0.5) is 16.2 Å². The monoisotopic (exact) mass is 521 g/mol. The van der Waals surface area contributed by atoms with Crippen LogP contribution in [0.5, 0.6) is 5.75 Å². The number of nitro benzene ring substituents is 1. The van der Waals surface area contributed by atoms with E-state index < -0.39 is 35.0 Å². The molecule has 0 aliphatic carbocycles. The summed E-state index contributed by atoms with van der Waals surface area (Å²) in [7, 11) is 1.34. The number of non-ortho nitro benzene ring substituents is 1. The Bertz CT molecular complexity index is 1270. The fourth-order valence-electron chi connectivity index (χ4n) is 3.40. The first-order valence-corrected chi connectivity index (χ1v) is 11.6. The van der Waals surface area contributed by atoms with Crippen molar-refractivity contribution in [3.63, 3.8) is 0 Å². The Hall–Kier alpha value is -4.93. The summed E-state index contributed by atoms with van der Waals surface area (Å²) in [6.45, 7) is 1.34. The minimum absolute atomic E-state index is 0.00360. The second-order valence-electron chi connectivity index (χ2n) is 8.16. The highest BCUT2D eigenvalue weighted by Gasteiger charge is 2.28. The molecule has 3 rings (SSSR count). The van der Waals surface area contributed by atoms with Crippen LogP contribution < -0.4 is 15.4 Å². The number of alkyl carbamates (subject to hydrolysis) is 1. The van der Waals surface area contributed by atoms with Gasteiger partial charge in [0.05, 0.1) is 17.7 Å². The molecule has 2 atom stereocenters. The summed E-state index contributed by atoms with van der Waals surface area (Å²) in [5.74, 6) is -1.42. The number of anilines is 1. The maximum absolute atomic E-state index is 13.0. The third kappa shape index (κ3) is 8.05. The molecule has 0 saturated carbocycles. The van der Waals surface area contributed by atoms with E-state index in [4.69, 9.17) is 14.2 Å². The first-order chi connectivity index (χ1) is 18.3. The number of esters is 1. The van der Waals surface area contributed by atoms with Gasteiger partial charge < -0.3 is 24.8 Å². The Kier molecular flexibility index (Phi) is 9.75. The van der Waals surface area contributed by atoms with Crippen LogP contribution in [-0.4, -0.2) is 42.1 Å². The molecule has 2 N–H and O–H groups in total. The normalized spacial score (nSPS) is 11.9. The molecule has 11 heteroatoms. The van der Waals surface area contributed by atoms with E-state index >= 15 is 0 Å². The SMILES string of the molecule is COc1ccc([N+](=O)[O-])cc1NC(=O)[C@H](C)OC(=O)[C@H](Cc1ccccc1)NC(=O)OCc1ccccc1. The standard InChI is InChI=1S/C27H27N3O8/c1-18(25(31)28-22-16-21(30(34)35)13-14-24(22)36-2)38-26(32)23(15-19-9-5-3-6-10-19)29-27(33)37-17-20-11-7-4-8-12-20/h3-14,16,18,23H,15,17H2,1-2H3,(H,28,31)(H,29,33)/t18-,23-/m0/s1. The van der Waals surface area contributed by atoms with E-state index in [1.807, 2.05) is 24.3 Å². The number of carbonyl (C=O) groups is 3. The molecule has 0 fully saturated rings. The molecule has 3 aromatic rings. The molecular weight excluding hydrogens is 494 g/mol. The van der Waals surface area contributed by atoms with E-state index in [0.717, 1.165) is 17.2 Å². The molecule has 0 spiro atoms. The largest absolute Gasteiger partial charge is 0.495 e. The number of methoxy groups -OCH3 is 1. The minimum Gasteiger partial charge on any atom is -0.495 e. The van der Waals surface area contributed by atoms with E-state index in [1.165, 1.54) is 26.2 Å². The van der Waals surface area contributed by atoms with E-state index in [1.54, 1.807) is 36.4 Å². The van der Waals surface area contributed by atoms with Crippen molar-refractivity contribution < 1.29 is 33.5 Å². The zero-order valence-electron chi connectivity index (χ0n) is 20.8. The van der Waals surface area contributed by atoms with E-state index in [2.05, 4.69) is 10.6 Å². The van der Waals surface area contributed by atoms with Gasteiger partial charge >= 0.3 is 12.1 Å². The van der Waals surface area contributed by atoms with Gasteiger partial charge in [0.15, 0.2) is 6.10 Å². The van der Waals surface area contributed by atoms with Crippen molar-refractivity contribution in [3.05, 3.63) is 100 Å². The number of hydrogen-bond acceptors (Lipinski definition) is 8. The maximum Gasteiger partial charge on any atom is 0.408 e. The zero-order valence-corrected chi connectivity index (χ0v) is 20.8. The van der Waals surface area contributed by atoms with Crippen molar-refractivity contribution in [2.75, 3.05) is 12.4 Å². The lowest BCUT2D eigenvalue weighted by Gasteiger charge is -2.21. The first kappa shape index (κ1) is 27.7. The van der Waals surface area contributed by atoms with E-state index in [9.17, 15) is 24.5 Å². The van der Waals surface area contributed by atoms with Crippen molar-refractivity contribution in [3.8, 4) is 5.75 Å². The number of amides is 2. The quantitative estimate of drug-likeness (QED) is 0.219.